The van der Waals surface area contributed by atoms with Crippen molar-refractivity contribution in [2.75, 3.05) is 23.8 Å². The number of amides is 1. The molecule has 1 aromatic heterocycles. The molecule has 1 aliphatic heterocycles. The van der Waals surface area contributed by atoms with E-state index in [9.17, 15) is 4.79 Å². The van der Waals surface area contributed by atoms with Gasteiger partial charge in [-0.05, 0) is 61.8 Å². The average molecular weight is 427 g/mol. The number of hydrogen-bond acceptors (Lipinski definition) is 5. The Morgan fingerprint density at radius 3 is 2.83 bits per heavy atom. The Morgan fingerprint density at radius 2 is 2.10 bits per heavy atom. The van der Waals surface area contributed by atoms with Gasteiger partial charge in [0.1, 0.15) is 0 Å². The van der Waals surface area contributed by atoms with Crippen LogP contribution in [0.4, 0.5) is 5.13 Å². The Kier molecular flexibility index (Phi) is 6.23. The summed E-state index contributed by atoms with van der Waals surface area (Å²) in [4.78, 5) is 21.4. The first kappa shape index (κ1) is 20.4. The summed E-state index contributed by atoms with van der Waals surface area (Å²) in [6.07, 6.45) is 2.10. The summed E-state index contributed by atoms with van der Waals surface area (Å²) in [6, 6.07) is 12.1. The predicted octanol–water partition coefficient (Wildman–Crippen LogP) is 5.85. The standard InChI is InChI=1S/C23H26N2O2S2/c1-4-28-19-9-5-7-17(13-19)22(26)25(14-18-8-6-12-27-18)23-24-20-15(2)10-11-16(3)21(20)29-23/h5,7,9-11,13,18H,4,6,8,12,14H2,1-3H3. The number of anilines is 1. The highest BCUT2D eigenvalue weighted by Gasteiger charge is 2.27. The third kappa shape index (κ3) is 4.34. The highest BCUT2D eigenvalue weighted by Crippen LogP contribution is 2.34. The van der Waals surface area contributed by atoms with E-state index in [0.717, 1.165) is 51.0 Å². The van der Waals surface area contributed by atoms with Crippen LogP contribution in [0.3, 0.4) is 0 Å². The monoisotopic (exact) mass is 426 g/mol. The van der Waals surface area contributed by atoms with Crippen molar-refractivity contribution in [3.63, 3.8) is 0 Å². The molecular formula is C23H26N2O2S2. The van der Waals surface area contributed by atoms with Crippen molar-refractivity contribution in [1.82, 2.24) is 4.98 Å². The van der Waals surface area contributed by atoms with Crippen molar-refractivity contribution >= 4 is 44.4 Å². The van der Waals surface area contributed by atoms with E-state index in [1.165, 1.54) is 5.56 Å². The number of carbonyl (C=O) groups is 1. The van der Waals surface area contributed by atoms with E-state index in [1.807, 2.05) is 23.1 Å². The predicted molar refractivity (Wildman–Crippen MR) is 123 cm³/mol. The van der Waals surface area contributed by atoms with Crippen LogP contribution >= 0.6 is 23.1 Å². The van der Waals surface area contributed by atoms with Gasteiger partial charge in [-0.1, -0.05) is 36.5 Å². The fourth-order valence-electron chi connectivity index (χ4n) is 3.64. The second-order valence-corrected chi connectivity index (χ2v) is 9.70. The average Bonchev–Trinajstić information content (AvgIpc) is 3.39. The molecule has 2 aromatic carbocycles. The van der Waals surface area contributed by atoms with Crippen LogP contribution in [0.5, 0.6) is 0 Å². The molecule has 0 spiro atoms. The number of hydrogen-bond donors (Lipinski definition) is 0. The van der Waals surface area contributed by atoms with Gasteiger partial charge in [0, 0.05) is 17.1 Å². The normalized spacial score (nSPS) is 16.4. The molecule has 0 radical (unpaired) electrons. The lowest BCUT2D eigenvalue weighted by Gasteiger charge is -2.23. The molecule has 4 rings (SSSR count). The summed E-state index contributed by atoms with van der Waals surface area (Å²) in [7, 11) is 0. The van der Waals surface area contributed by atoms with Crippen molar-refractivity contribution in [2.45, 2.75) is 44.6 Å². The molecule has 0 N–H and O–H groups in total. The van der Waals surface area contributed by atoms with Crippen LogP contribution in [-0.4, -0.2) is 35.9 Å². The number of thiazole rings is 1. The number of rotatable bonds is 6. The number of aromatic nitrogens is 1. The maximum atomic E-state index is 13.6. The summed E-state index contributed by atoms with van der Waals surface area (Å²) in [5.74, 6) is 0.974. The summed E-state index contributed by atoms with van der Waals surface area (Å²) >= 11 is 3.35. The topological polar surface area (TPSA) is 42.4 Å². The number of aryl methyl sites for hydroxylation is 2. The second-order valence-electron chi connectivity index (χ2n) is 7.39. The first-order valence-electron chi connectivity index (χ1n) is 10.1. The van der Waals surface area contributed by atoms with E-state index in [-0.39, 0.29) is 12.0 Å². The SMILES string of the molecule is CCSc1cccc(C(=O)N(CC2CCCO2)c2nc3c(C)ccc(C)c3s2)c1. The summed E-state index contributed by atoms with van der Waals surface area (Å²) in [5.41, 5.74) is 4.03. The number of thioether (sulfide) groups is 1. The van der Waals surface area contributed by atoms with Crippen molar-refractivity contribution in [3.05, 3.63) is 53.1 Å². The molecule has 3 aromatic rings. The van der Waals surface area contributed by atoms with Gasteiger partial charge in [-0.25, -0.2) is 4.98 Å². The van der Waals surface area contributed by atoms with Gasteiger partial charge in [0.15, 0.2) is 5.13 Å². The highest BCUT2D eigenvalue weighted by atomic mass is 32.2. The first-order valence-corrected chi connectivity index (χ1v) is 11.9. The second kappa shape index (κ2) is 8.86. The molecule has 29 heavy (non-hydrogen) atoms. The van der Waals surface area contributed by atoms with Crippen LogP contribution in [0.2, 0.25) is 0 Å². The number of benzene rings is 2. The van der Waals surface area contributed by atoms with Crippen LogP contribution in [0.1, 0.15) is 41.3 Å². The van der Waals surface area contributed by atoms with Crippen LogP contribution < -0.4 is 4.90 Å². The van der Waals surface area contributed by atoms with E-state index in [1.54, 1.807) is 23.1 Å². The maximum absolute atomic E-state index is 13.6. The number of nitrogens with zero attached hydrogens (tertiary/aromatic N) is 2. The van der Waals surface area contributed by atoms with E-state index in [4.69, 9.17) is 9.72 Å². The van der Waals surface area contributed by atoms with Crippen molar-refractivity contribution in [2.24, 2.45) is 0 Å². The fraction of sp³-hybridized carbons (Fsp3) is 0.391. The molecular weight excluding hydrogens is 400 g/mol. The Hall–Kier alpha value is -1.89. The third-order valence-corrected chi connectivity index (χ3v) is 7.30. The molecule has 0 saturated carbocycles. The van der Waals surface area contributed by atoms with E-state index in [2.05, 4.69) is 39.0 Å². The Morgan fingerprint density at radius 1 is 1.28 bits per heavy atom. The van der Waals surface area contributed by atoms with Crippen LogP contribution in [0.25, 0.3) is 10.2 Å². The maximum Gasteiger partial charge on any atom is 0.260 e. The van der Waals surface area contributed by atoms with Gasteiger partial charge in [-0.2, -0.15) is 0 Å². The van der Waals surface area contributed by atoms with E-state index < -0.39 is 0 Å². The van der Waals surface area contributed by atoms with Gasteiger partial charge in [-0.3, -0.25) is 9.69 Å². The van der Waals surface area contributed by atoms with Crippen molar-refractivity contribution in [1.29, 1.82) is 0 Å². The molecule has 0 aliphatic carbocycles. The van der Waals surface area contributed by atoms with Crippen LogP contribution in [-0.2, 0) is 4.74 Å². The molecule has 0 bridgehead atoms. The smallest absolute Gasteiger partial charge is 0.260 e. The Labute approximate surface area is 180 Å². The van der Waals surface area contributed by atoms with Crippen LogP contribution in [0, 0.1) is 13.8 Å². The van der Waals surface area contributed by atoms with Crippen LogP contribution in [0.15, 0.2) is 41.3 Å². The van der Waals surface area contributed by atoms with Gasteiger partial charge in [0.2, 0.25) is 0 Å². The molecule has 6 heteroatoms. The van der Waals surface area contributed by atoms with Crippen molar-refractivity contribution in [3.8, 4) is 0 Å². The minimum absolute atomic E-state index is 0.00610. The summed E-state index contributed by atoms with van der Waals surface area (Å²) in [5, 5.41) is 0.756. The van der Waals surface area contributed by atoms with Crippen molar-refractivity contribution < 1.29 is 9.53 Å². The first-order chi connectivity index (χ1) is 14.1. The lowest BCUT2D eigenvalue weighted by Crippen LogP contribution is -2.37. The molecule has 152 valence electrons. The molecule has 4 nitrogen and oxygen atoms in total. The van der Waals surface area contributed by atoms with Gasteiger partial charge in [0.05, 0.1) is 22.9 Å². The fourth-order valence-corrected chi connectivity index (χ4v) is 5.48. The molecule has 1 amide bonds. The summed E-state index contributed by atoms with van der Waals surface area (Å²) in [6.45, 7) is 7.61. The lowest BCUT2D eigenvalue weighted by atomic mass is 10.1. The molecule has 1 saturated heterocycles. The molecule has 2 heterocycles. The van der Waals surface area contributed by atoms with E-state index in [0.29, 0.717) is 12.1 Å². The summed E-state index contributed by atoms with van der Waals surface area (Å²) < 4.78 is 7.01. The quantitative estimate of drug-likeness (QED) is 0.464. The lowest BCUT2D eigenvalue weighted by molar-refractivity contribution is 0.0917. The zero-order valence-corrected chi connectivity index (χ0v) is 18.7. The van der Waals surface area contributed by atoms with Gasteiger partial charge in [0.25, 0.3) is 5.91 Å². The largest absolute Gasteiger partial charge is 0.376 e. The molecule has 1 atom stereocenters. The third-order valence-electron chi connectivity index (χ3n) is 5.21. The van der Waals surface area contributed by atoms with E-state index >= 15 is 0 Å². The zero-order chi connectivity index (χ0) is 20.4. The Bertz CT molecular complexity index is 986. The zero-order valence-electron chi connectivity index (χ0n) is 17.1. The number of fused-ring (bicyclic) bond motifs is 1. The van der Waals surface area contributed by atoms with Gasteiger partial charge >= 0.3 is 0 Å². The van der Waals surface area contributed by atoms with Gasteiger partial charge < -0.3 is 4.74 Å². The Balaban J connectivity index is 1.73. The minimum Gasteiger partial charge on any atom is -0.376 e. The minimum atomic E-state index is -0.00610. The molecule has 1 aliphatic rings. The molecule has 1 unspecified atom stereocenters. The number of ether oxygens (including phenoxy) is 1. The van der Waals surface area contributed by atoms with Gasteiger partial charge in [-0.15, -0.1) is 11.8 Å². The number of carbonyl (C=O) groups excluding carboxylic acids is 1. The molecule has 1 fully saturated rings. The highest BCUT2D eigenvalue weighted by molar-refractivity contribution is 7.99.